The molecule has 0 saturated heterocycles. The second-order valence-corrected chi connectivity index (χ2v) is 7.55. The molecule has 0 aliphatic carbocycles. The average Bonchev–Trinajstić information content (AvgIpc) is 2.67. The molecule has 0 bridgehead atoms. The van der Waals surface area contributed by atoms with Crippen molar-refractivity contribution < 1.29 is 14.3 Å². The summed E-state index contributed by atoms with van der Waals surface area (Å²) >= 11 is 0. The molecule has 1 heterocycles. The van der Waals surface area contributed by atoms with E-state index in [1.165, 1.54) is 0 Å². The zero-order valence-electron chi connectivity index (χ0n) is 17.8. The highest BCUT2D eigenvalue weighted by atomic mass is 16.5. The first-order valence-corrected chi connectivity index (χ1v) is 10.5. The van der Waals surface area contributed by atoms with Gasteiger partial charge in [-0.15, -0.1) is 0 Å². The number of anilines is 1. The van der Waals surface area contributed by atoms with Crippen LogP contribution in [0.25, 0.3) is 0 Å². The molecule has 2 amide bonds. The maximum absolute atomic E-state index is 12.2. The minimum absolute atomic E-state index is 0.0525. The van der Waals surface area contributed by atoms with E-state index in [9.17, 15) is 9.59 Å². The molecular weight excluding hydrogens is 354 g/mol. The average molecular weight is 390 g/mol. The number of hydrogen-bond donors (Lipinski definition) is 1. The Balaban J connectivity index is 1.73. The first kappa shape index (κ1) is 22.2. The number of carbonyl (C=O) groups excluding carboxylic acids is 2. The summed E-state index contributed by atoms with van der Waals surface area (Å²) in [6, 6.07) is 6.01. The van der Waals surface area contributed by atoms with Crippen LogP contribution in [0.3, 0.4) is 0 Å². The van der Waals surface area contributed by atoms with Crippen LogP contribution in [0, 0.1) is 6.92 Å². The van der Waals surface area contributed by atoms with Gasteiger partial charge in [0.15, 0.2) is 6.61 Å². The van der Waals surface area contributed by atoms with Gasteiger partial charge in [-0.3, -0.25) is 9.59 Å². The monoisotopic (exact) mass is 389 g/mol. The van der Waals surface area contributed by atoms with Crippen molar-refractivity contribution in [3.05, 3.63) is 23.8 Å². The van der Waals surface area contributed by atoms with Gasteiger partial charge in [-0.1, -0.05) is 19.9 Å². The molecule has 2 rings (SSSR count). The maximum atomic E-state index is 12.2. The first-order valence-electron chi connectivity index (χ1n) is 10.5. The number of rotatable bonds is 11. The number of carbonyl (C=O) groups is 2. The lowest BCUT2D eigenvalue weighted by molar-refractivity contribution is -0.123. The minimum Gasteiger partial charge on any atom is -0.482 e. The Morgan fingerprint density at radius 2 is 2.04 bits per heavy atom. The highest BCUT2D eigenvalue weighted by Gasteiger charge is 2.25. The predicted octanol–water partition coefficient (Wildman–Crippen LogP) is 3.13. The Morgan fingerprint density at radius 3 is 2.75 bits per heavy atom. The van der Waals surface area contributed by atoms with Gasteiger partial charge in [-0.25, -0.2) is 0 Å². The number of fused-ring (bicyclic) bond motifs is 1. The van der Waals surface area contributed by atoms with Crippen molar-refractivity contribution in [2.75, 3.05) is 37.7 Å². The number of nitrogens with one attached hydrogen (secondary N) is 1. The van der Waals surface area contributed by atoms with Crippen LogP contribution in [0.1, 0.15) is 52.0 Å². The molecule has 1 aromatic rings. The van der Waals surface area contributed by atoms with Crippen LogP contribution in [0.15, 0.2) is 18.2 Å². The number of nitrogens with zero attached hydrogens (tertiary/aromatic N) is 2. The van der Waals surface area contributed by atoms with Gasteiger partial charge in [0.1, 0.15) is 5.75 Å². The summed E-state index contributed by atoms with van der Waals surface area (Å²) < 4.78 is 5.50. The van der Waals surface area contributed by atoms with Crippen molar-refractivity contribution in [3.8, 4) is 5.75 Å². The van der Waals surface area contributed by atoms with E-state index < -0.39 is 0 Å². The Kier molecular flexibility index (Phi) is 8.77. The van der Waals surface area contributed by atoms with Crippen LogP contribution in [-0.4, -0.2) is 55.5 Å². The van der Waals surface area contributed by atoms with Gasteiger partial charge >= 0.3 is 0 Å². The summed E-state index contributed by atoms with van der Waals surface area (Å²) in [5, 5.41) is 3.08. The summed E-state index contributed by atoms with van der Waals surface area (Å²) in [6.45, 7) is 12.2. The van der Waals surface area contributed by atoms with Crippen molar-refractivity contribution in [3.63, 3.8) is 0 Å². The Morgan fingerprint density at radius 1 is 1.29 bits per heavy atom. The minimum atomic E-state index is -0.0525. The molecule has 0 saturated carbocycles. The van der Waals surface area contributed by atoms with Crippen LogP contribution in [0.4, 0.5) is 5.69 Å². The van der Waals surface area contributed by atoms with E-state index in [1.54, 1.807) is 4.90 Å². The molecule has 6 heteroatoms. The molecule has 0 radical (unpaired) electrons. The fourth-order valence-corrected chi connectivity index (χ4v) is 3.54. The zero-order valence-corrected chi connectivity index (χ0v) is 17.8. The number of benzene rings is 1. The largest absolute Gasteiger partial charge is 0.482 e. The van der Waals surface area contributed by atoms with Gasteiger partial charge in [0, 0.05) is 19.0 Å². The second-order valence-electron chi connectivity index (χ2n) is 7.55. The molecule has 1 aromatic carbocycles. The highest BCUT2D eigenvalue weighted by Crippen LogP contribution is 2.32. The lowest BCUT2D eigenvalue weighted by atomic mass is 10.1. The SMILES string of the molecule is CCN(CC)CCC[C@H](C)NC(=O)CCCN1C(=O)COc2ccc(C)cc21. The summed E-state index contributed by atoms with van der Waals surface area (Å²) in [4.78, 5) is 28.6. The normalized spacial score (nSPS) is 14.6. The summed E-state index contributed by atoms with van der Waals surface area (Å²) in [5.41, 5.74) is 1.89. The van der Waals surface area contributed by atoms with E-state index in [2.05, 4.69) is 31.0 Å². The first-order chi connectivity index (χ1) is 13.4. The fourth-order valence-electron chi connectivity index (χ4n) is 3.54. The van der Waals surface area contributed by atoms with E-state index >= 15 is 0 Å². The van der Waals surface area contributed by atoms with Crippen molar-refractivity contribution in [2.45, 2.75) is 59.4 Å². The molecule has 1 aliphatic heterocycles. The molecule has 6 nitrogen and oxygen atoms in total. The Hall–Kier alpha value is -2.08. The Bertz CT molecular complexity index is 658. The third-order valence-corrected chi connectivity index (χ3v) is 5.26. The summed E-state index contributed by atoms with van der Waals surface area (Å²) in [5.74, 6) is 0.736. The molecule has 1 aliphatic rings. The van der Waals surface area contributed by atoms with Crippen molar-refractivity contribution in [2.24, 2.45) is 0 Å². The van der Waals surface area contributed by atoms with Gasteiger partial charge in [-0.05, 0) is 70.4 Å². The van der Waals surface area contributed by atoms with Gasteiger partial charge < -0.3 is 19.9 Å². The topological polar surface area (TPSA) is 61.9 Å². The fraction of sp³-hybridized carbons (Fsp3) is 0.636. The second kappa shape index (κ2) is 11.1. The number of aryl methyl sites for hydroxylation is 1. The third kappa shape index (κ3) is 6.51. The number of ether oxygens (including phenoxy) is 1. The van der Waals surface area contributed by atoms with Gasteiger partial charge in [0.25, 0.3) is 5.91 Å². The van der Waals surface area contributed by atoms with Crippen molar-refractivity contribution >= 4 is 17.5 Å². The maximum Gasteiger partial charge on any atom is 0.265 e. The van der Waals surface area contributed by atoms with Gasteiger partial charge in [-0.2, -0.15) is 0 Å². The molecule has 0 unspecified atom stereocenters. The molecule has 1 N–H and O–H groups in total. The third-order valence-electron chi connectivity index (χ3n) is 5.26. The lowest BCUT2D eigenvalue weighted by Crippen LogP contribution is -2.40. The zero-order chi connectivity index (χ0) is 20.5. The Labute approximate surface area is 169 Å². The standard InChI is InChI=1S/C22H35N3O3/c1-5-24(6-2)13-7-9-18(4)23-21(26)10-8-14-25-19-15-17(3)11-12-20(19)28-16-22(25)27/h11-12,15,18H,5-10,13-14,16H2,1-4H3,(H,23,26)/t18-/m0/s1. The van der Waals surface area contributed by atoms with Crippen LogP contribution < -0.4 is 15.0 Å². The van der Waals surface area contributed by atoms with E-state index in [4.69, 9.17) is 4.74 Å². The summed E-state index contributed by atoms with van der Waals surface area (Å²) in [6.07, 6.45) is 3.13. The lowest BCUT2D eigenvalue weighted by Gasteiger charge is -2.29. The van der Waals surface area contributed by atoms with E-state index in [0.717, 1.165) is 49.5 Å². The quantitative estimate of drug-likeness (QED) is 0.632. The molecular formula is C22H35N3O3. The molecule has 0 fully saturated rings. The molecule has 0 spiro atoms. The molecule has 156 valence electrons. The summed E-state index contributed by atoms with van der Waals surface area (Å²) in [7, 11) is 0. The van der Waals surface area contributed by atoms with Crippen LogP contribution in [0.5, 0.6) is 5.75 Å². The molecule has 1 atom stereocenters. The molecule has 28 heavy (non-hydrogen) atoms. The van der Waals surface area contributed by atoms with Crippen molar-refractivity contribution in [1.29, 1.82) is 0 Å². The predicted molar refractivity (Wildman–Crippen MR) is 113 cm³/mol. The number of hydrogen-bond acceptors (Lipinski definition) is 4. The van der Waals surface area contributed by atoms with Crippen LogP contribution in [0.2, 0.25) is 0 Å². The highest BCUT2D eigenvalue weighted by molar-refractivity contribution is 5.98. The van der Waals surface area contributed by atoms with E-state index in [0.29, 0.717) is 19.4 Å². The van der Waals surface area contributed by atoms with E-state index in [-0.39, 0.29) is 24.5 Å². The van der Waals surface area contributed by atoms with E-state index in [1.807, 2.05) is 25.1 Å². The number of amides is 2. The van der Waals surface area contributed by atoms with Crippen LogP contribution >= 0.6 is 0 Å². The van der Waals surface area contributed by atoms with Crippen molar-refractivity contribution in [1.82, 2.24) is 10.2 Å². The van der Waals surface area contributed by atoms with Gasteiger partial charge in [0.2, 0.25) is 5.91 Å². The molecule has 0 aromatic heterocycles. The van der Waals surface area contributed by atoms with Crippen LogP contribution in [-0.2, 0) is 9.59 Å². The smallest absolute Gasteiger partial charge is 0.265 e. The van der Waals surface area contributed by atoms with Gasteiger partial charge in [0.05, 0.1) is 5.69 Å².